The second kappa shape index (κ2) is 2.64. The molecule has 0 saturated carbocycles. The van der Waals surface area contributed by atoms with Crippen molar-refractivity contribution in [3.05, 3.63) is 0 Å². The molecule has 1 nitrogen and oxygen atoms in total. The molecule has 1 aliphatic rings. The summed E-state index contributed by atoms with van der Waals surface area (Å²) in [5.74, 6) is 4.42. The van der Waals surface area contributed by atoms with Crippen molar-refractivity contribution < 1.29 is 5.11 Å². The first-order chi connectivity index (χ1) is 4.27. The second-order valence-electron chi connectivity index (χ2n) is 2.29. The molecule has 0 aliphatic carbocycles. The summed E-state index contributed by atoms with van der Waals surface area (Å²) in [6, 6.07) is 0. The zero-order chi connectivity index (χ0) is 6.74. The average molecular weight is 142 g/mol. The Morgan fingerprint density at radius 3 is 2.33 bits per heavy atom. The van der Waals surface area contributed by atoms with Gasteiger partial charge in [-0.15, -0.1) is 6.42 Å². The Morgan fingerprint density at radius 2 is 2.00 bits per heavy atom. The van der Waals surface area contributed by atoms with Gasteiger partial charge < -0.3 is 5.11 Å². The van der Waals surface area contributed by atoms with E-state index in [-0.39, 0.29) is 0 Å². The van der Waals surface area contributed by atoms with Crippen LogP contribution >= 0.6 is 11.8 Å². The van der Waals surface area contributed by atoms with Crippen molar-refractivity contribution in [2.45, 2.75) is 18.4 Å². The first-order valence-electron chi connectivity index (χ1n) is 3.05. The van der Waals surface area contributed by atoms with E-state index in [1.807, 2.05) is 11.8 Å². The van der Waals surface area contributed by atoms with Crippen LogP contribution in [0.4, 0.5) is 0 Å². The van der Waals surface area contributed by atoms with Crippen LogP contribution in [0.15, 0.2) is 0 Å². The molecule has 1 fully saturated rings. The lowest BCUT2D eigenvalue weighted by molar-refractivity contribution is 0.0929. The topological polar surface area (TPSA) is 20.2 Å². The molecule has 1 N–H and O–H groups in total. The molecule has 0 atom stereocenters. The molecule has 0 aromatic rings. The molecule has 50 valence electrons. The molecule has 0 spiro atoms. The fourth-order valence-corrected chi connectivity index (χ4v) is 2.02. The number of hydrogen-bond acceptors (Lipinski definition) is 2. The van der Waals surface area contributed by atoms with Crippen LogP contribution in [0, 0.1) is 12.3 Å². The third kappa shape index (κ3) is 1.64. The molecule has 0 aromatic carbocycles. The molecule has 0 amide bonds. The van der Waals surface area contributed by atoms with Gasteiger partial charge in [0.25, 0.3) is 0 Å². The van der Waals surface area contributed by atoms with Crippen molar-refractivity contribution >= 4 is 11.8 Å². The van der Waals surface area contributed by atoms with Crippen LogP contribution in [0.3, 0.4) is 0 Å². The quantitative estimate of drug-likeness (QED) is 0.507. The van der Waals surface area contributed by atoms with Crippen LogP contribution in [0.2, 0.25) is 0 Å². The molecule has 9 heavy (non-hydrogen) atoms. The number of terminal acetylenes is 1. The van der Waals surface area contributed by atoms with Crippen LogP contribution in [0.1, 0.15) is 12.8 Å². The number of hydrogen-bond donors (Lipinski definition) is 1. The highest BCUT2D eigenvalue weighted by Crippen LogP contribution is 2.25. The minimum absolute atomic E-state index is 0.758. The first-order valence-corrected chi connectivity index (χ1v) is 4.20. The Bertz CT molecular complexity index is 130. The van der Waals surface area contributed by atoms with Crippen molar-refractivity contribution in [2.75, 3.05) is 11.5 Å². The summed E-state index contributed by atoms with van der Waals surface area (Å²) in [4.78, 5) is 0. The van der Waals surface area contributed by atoms with Crippen molar-refractivity contribution in [1.29, 1.82) is 0 Å². The highest BCUT2D eigenvalue weighted by atomic mass is 32.2. The number of aliphatic hydroxyl groups is 1. The Kier molecular flexibility index (Phi) is 2.05. The van der Waals surface area contributed by atoms with E-state index < -0.39 is 5.60 Å². The highest BCUT2D eigenvalue weighted by molar-refractivity contribution is 7.99. The van der Waals surface area contributed by atoms with Gasteiger partial charge in [0.15, 0.2) is 0 Å². The van der Waals surface area contributed by atoms with Crippen molar-refractivity contribution in [2.24, 2.45) is 0 Å². The van der Waals surface area contributed by atoms with Crippen LogP contribution in [-0.4, -0.2) is 22.2 Å². The van der Waals surface area contributed by atoms with Gasteiger partial charge in [0, 0.05) is 0 Å². The Hall–Kier alpha value is -0.130. The Morgan fingerprint density at radius 1 is 1.44 bits per heavy atom. The van der Waals surface area contributed by atoms with Gasteiger partial charge in [-0.3, -0.25) is 0 Å². The van der Waals surface area contributed by atoms with Crippen molar-refractivity contribution in [1.82, 2.24) is 0 Å². The lowest BCUT2D eigenvalue weighted by Crippen LogP contribution is -2.31. The SMILES string of the molecule is C#CC1(O)CCSCC1. The predicted molar refractivity (Wildman–Crippen MR) is 40.3 cm³/mol. The van der Waals surface area contributed by atoms with Gasteiger partial charge in [-0.1, -0.05) is 5.92 Å². The summed E-state index contributed by atoms with van der Waals surface area (Å²) in [6.45, 7) is 0. The molecular formula is C7H10OS. The van der Waals surface area contributed by atoms with E-state index in [0.29, 0.717) is 0 Å². The van der Waals surface area contributed by atoms with E-state index in [9.17, 15) is 5.11 Å². The summed E-state index contributed by atoms with van der Waals surface area (Å²) in [5, 5.41) is 9.43. The van der Waals surface area contributed by atoms with Crippen molar-refractivity contribution in [3.63, 3.8) is 0 Å². The summed E-state index contributed by atoms with van der Waals surface area (Å²) in [7, 11) is 0. The fraction of sp³-hybridized carbons (Fsp3) is 0.714. The molecule has 0 unspecified atom stereocenters. The third-order valence-electron chi connectivity index (χ3n) is 1.59. The van der Waals surface area contributed by atoms with E-state index in [2.05, 4.69) is 5.92 Å². The van der Waals surface area contributed by atoms with E-state index in [1.165, 1.54) is 0 Å². The van der Waals surface area contributed by atoms with Gasteiger partial charge in [0.2, 0.25) is 0 Å². The maximum absolute atomic E-state index is 9.43. The normalized spacial score (nSPS) is 24.9. The monoisotopic (exact) mass is 142 g/mol. The summed E-state index contributed by atoms with van der Waals surface area (Å²) >= 11 is 1.86. The fourth-order valence-electron chi connectivity index (χ4n) is 0.853. The predicted octanol–water partition coefficient (Wildman–Crippen LogP) is 0.878. The molecular weight excluding hydrogens is 132 g/mol. The standard InChI is InChI=1S/C7H10OS/c1-2-7(8)3-5-9-6-4-7/h1,8H,3-6H2. The van der Waals surface area contributed by atoms with Gasteiger partial charge in [-0.05, 0) is 24.3 Å². The molecule has 2 heteroatoms. The molecule has 0 radical (unpaired) electrons. The van der Waals surface area contributed by atoms with E-state index in [4.69, 9.17) is 6.42 Å². The summed E-state index contributed by atoms with van der Waals surface area (Å²) in [6.07, 6.45) is 6.64. The van der Waals surface area contributed by atoms with E-state index >= 15 is 0 Å². The van der Waals surface area contributed by atoms with Gasteiger partial charge in [-0.25, -0.2) is 0 Å². The first kappa shape index (κ1) is 6.98. The molecule has 0 bridgehead atoms. The number of rotatable bonds is 0. The van der Waals surface area contributed by atoms with Gasteiger partial charge in [0.1, 0.15) is 5.60 Å². The van der Waals surface area contributed by atoms with E-state index in [0.717, 1.165) is 24.3 Å². The van der Waals surface area contributed by atoms with Crippen LogP contribution < -0.4 is 0 Å². The largest absolute Gasteiger partial charge is 0.378 e. The summed E-state index contributed by atoms with van der Waals surface area (Å²) < 4.78 is 0. The summed E-state index contributed by atoms with van der Waals surface area (Å²) in [5.41, 5.74) is -0.773. The third-order valence-corrected chi connectivity index (χ3v) is 2.57. The minimum atomic E-state index is -0.773. The van der Waals surface area contributed by atoms with Crippen LogP contribution in [0.5, 0.6) is 0 Å². The van der Waals surface area contributed by atoms with Gasteiger partial charge >= 0.3 is 0 Å². The Balaban J connectivity index is 2.49. The highest BCUT2D eigenvalue weighted by Gasteiger charge is 2.26. The molecule has 1 rings (SSSR count). The zero-order valence-electron chi connectivity index (χ0n) is 5.26. The smallest absolute Gasteiger partial charge is 0.126 e. The molecule has 1 aliphatic heterocycles. The maximum atomic E-state index is 9.43. The maximum Gasteiger partial charge on any atom is 0.126 e. The molecule has 1 heterocycles. The van der Waals surface area contributed by atoms with Crippen LogP contribution in [0.25, 0.3) is 0 Å². The van der Waals surface area contributed by atoms with Crippen LogP contribution in [-0.2, 0) is 0 Å². The molecule has 0 aromatic heterocycles. The number of thioether (sulfide) groups is 1. The lowest BCUT2D eigenvalue weighted by atomic mass is 9.99. The van der Waals surface area contributed by atoms with E-state index in [1.54, 1.807) is 0 Å². The minimum Gasteiger partial charge on any atom is -0.378 e. The average Bonchev–Trinajstić information content (AvgIpc) is 1.90. The van der Waals surface area contributed by atoms with Gasteiger partial charge in [0.05, 0.1) is 0 Å². The second-order valence-corrected chi connectivity index (χ2v) is 3.51. The van der Waals surface area contributed by atoms with Crippen molar-refractivity contribution in [3.8, 4) is 12.3 Å². The molecule has 1 saturated heterocycles. The van der Waals surface area contributed by atoms with Gasteiger partial charge in [-0.2, -0.15) is 11.8 Å². The Labute approximate surface area is 59.8 Å². The lowest BCUT2D eigenvalue weighted by Gasteiger charge is -2.25. The zero-order valence-corrected chi connectivity index (χ0v) is 6.08.